The molecule has 0 aliphatic heterocycles. The Labute approximate surface area is 180 Å². The summed E-state index contributed by atoms with van der Waals surface area (Å²) in [6.07, 6.45) is 1.41. The van der Waals surface area contributed by atoms with Gasteiger partial charge >= 0.3 is 5.69 Å². The van der Waals surface area contributed by atoms with E-state index in [1.807, 2.05) is 0 Å². The smallest absolute Gasteiger partial charge is 0.301 e. The molecule has 3 aromatic rings. The average molecular weight is 437 g/mol. The van der Waals surface area contributed by atoms with Crippen LogP contribution in [0.5, 0.6) is 5.75 Å². The molecule has 32 heavy (non-hydrogen) atoms. The number of nitrogens with zero attached hydrogens (tertiary/aromatic N) is 4. The maximum absolute atomic E-state index is 11.2. The first-order chi connectivity index (χ1) is 15.3. The minimum Gasteiger partial charge on any atom is -0.489 e. The van der Waals surface area contributed by atoms with Crippen LogP contribution in [0.3, 0.4) is 0 Å². The molecule has 3 aromatic carbocycles. The Morgan fingerprint density at radius 2 is 1.53 bits per heavy atom. The van der Waals surface area contributed by atoms with Gasteiger partial charge in [-0.25, -0.2) is 0 Å². The second kappa shape index (κ2) is 9.75. The van der Waals surface area contributed by atoms with Crippen LogP contribution in [0.15, 0.2) is 71.8 Å². The van der Waals surface area contributed by atoms with Crippen molar-refractivity contribution in [2.24, 2.45) is 5.10 Å². The van der Waals surface area contributed by atoms with Gasteiger partial charge in [-0.1, -0.05) is 12.1 Å². The molecule has 0 aromatic heterocycles. The van der Waals surface area contributed by atoms with Crippen molar-refractivity contribution in [1.29, 1.82) is 0 Å². The van der Waals surface area contributed by atoms with Crippen molar-refractivity contribution < 1.29 is 19.5 Å². The molecule has 162 valence electrons. The van der Waals surface area contributed by atoms with E-state index in [0.29, 0.717) is 11.3 Å². The minimum atomic E-state index is -0.739. The second-order valence-electron chi connectivity index (χ2n) is 6.37. The van der Waals surface area contributed by atoms with Gasteiger partial charge < -0.3 is 4.74 Å². The van der Waals surface area contributed by atoms with E-state index in [0.717, 1.165) is 17.7 Å². The molecular weight excluding hydrogens is 422 g/mol. The van der Waals surface area contributed by atoms with E-state index in [1.165, 1.54) is 24.4 Å². The number of hydrogen-bond donors (Lipinski definition) is 1. The van der Waals surface area contributed by atoms with E-state index in [4.69, 9.17) is 4.74 Å². The lowest BCUT2D eigenvalue weighted by Gasteiger charge is -2.07. The first kappa shape index (κ1) is 21.8. The number of ether oxygens (including phenoxy) is 1. The summed E-state index contributed by atoms with van der Waals surface area (Å²) in [5, 5.41) is 36.6. The third-order valence-corrected chi connectivity index (χ3v) is 4.20. The molecule has 0 heterocycles. The van der Waals surface area contributed by atoms with Gasteiger partial charge in [0.05, 0.1) is 27.1 Å². The standard InChI is InChI=1S/C20H15N5O7/c26-23(27)16-6-4-14(5-7-16)13-32-18-3-1-2-15(10-18)12-21-22-19-9-8-17(24(28)29)11-20(19)25(30)31/h1-12,22H,13H2/b21-12+. The first-order valence-corrected chi connectivity index (χ1v) is 9.01. The molecule has 12 heteroatoms. The Kier molecular flexibility index (Phi) is 6.65. The molecule has 0 atom stereocenters. The summed E-state index contributed by atoms with van der Waals surface area (Å²) in [5.74, 6) is 0.522. The highest BCUT2D eigenvalue weighted by molar-refractivity contribution is 5.81. The number of nitro groups is 3. The van der Waals surface area contributed by atoms with Gasteiger partial charge in [0.15, 0.2) is 0 Å². The Bertz CT molecular complexity index is 1200. The number of hydrogen-bond acceptors (Lipinski definition) is 9. The highest BCUT2D eigenvalue weighted by atomic mass is 16.6. The van der Waals surface area contributed by atoms with Crippen LogP contribution in [0.1, 0.15) is 11.1 Å². The van der Waals surface area contributed by atoms with E-state index in [-0.39, 0.29) is 18.0 Å². The van der Waals surface area contributed by atoms with Crippen molar-refractivity contribution in [1.82, 2.24) is 0 Å². The number of hydrazone groups is 1. The van der Waals surface area contributed by atoms with Gasteiger partial charge in [-0.3, -0.25) is 35.8 Å². The van der Waals surface area contributed by atoms with Crippen molar-refractivity contribution in [2.45, 2.75) is 6.61 Å². The largest absolute Gasteiger partial charge is 0.489 e. The van der Waals surface area contributed by atoms with E-state index in [2.05, 4.69) is 10.5 Å². The molecule has 0 saturated heterocycles. The summed E-state index contributed by atoms with van der Waals surface area (Å²) in [4.78, 5) is 30.7. The van der Waals surface area contributed by atoms with Crippen LogP contribution in [0.4, 0.5) is 22.7 Å². The molecule has 0 aliphatic carbocycles. The molecule has 0 bridgehead atoms. The fourth-order valence-corrected chi connectivity index (χ4v) is 2.62. The van der Waals surface area contributed by atoms with E-state index in [1.54, 1.807) is 36.4 Å². The summed E-state index contributed by atoms with van der Waals surface area (Å²) >= 11 is 0. The highest BCUT2D eigenvalue weighted by Crippen LogP contribution is 2.28. The van der Waals surface area contributed by atoms with Crippen LogP contribution in [-0.2, 0) is 6.61 Å². The number of nitrogens with one attached hydrogen (secondary N) is 1. The van der Waals surface area contributed by atoms with Crippen molar-refractivity contribution in [3.8, 4) is 5.75 Å². The molecule has 0 unspecified atom stereocenters. The monoisotopic (exact) mass is 437 g/mol. The summed E-state index contributed by atoms with van der Waals surface area (Å²) in [5.41, 5.74) is 3.01. The molecule has 3 rings (SSSR count). The van der Waals surface area contributed by atoms with Gasteiger partial charge in [0.25, 0.3) is 11.4 Å². The number of nitro benzene ring substituents is 3. The number of non-ortho nitro benzene ring substituents is 2. The van der Waals surface area contributed by atoms with Crippen LogP contribution in [0.25, 0.3) is 0 Å². The van der Waals surface area contributed by atoms with Gasteiger partial charge in [0.1, 0.15) is 18.0 Å². The average Bonchev–Trinajstić information content (AvgIpc) is 2.78. The lowest BCUT2D eigenvalue weighted by molar-refractivity contribution is -0.393. The van der Waals surface area contributed by atoms with E-state index < -0.39 is 26.1 Å². The number of benzene rings is 3. The van der Waals surface area contributed by atoms with Crippen LogP contribution < -0.4 is 10.2 Å². The summed E-state index contributed by atoms with van der Waals surface area (Å²) in [7, 11) is 0. The number of rotatable bonds is 9. The van der Waals surface area contributed by atoms with Gasteiger partial charge in [-0.15, -0.1) is 0 Å². The third kappa shape index (κ3) is 5.60. The lowest BCUT2D eigenvalue weighted by Crippen LogP contribution is -1.99. The summed E-state index contributed by atoms with van der Waals surface area (Å²) < 4.78 is 5.68. The van der Waals surface area contributed by atoms with Crippen molar-refractivity contribution >= 4 is 29.0 Å². The summed E-state index contributed by atoms with van der Waals surface area (Å²) in [6, 6.07) is 16.0. The quantitative estimate of drug-likeness (QED) is 0.292. The zero-order valence-electron chi connectivity index (χ0n) is 16.3. The fourth-order valence-electron chi connectivity index (χ4n) is 2.62. The molecule has 1 N–H and O–H groups in total. The summed E-state index contributed by atoms with van der Waals surface area (Å²) in [6.45, 7) is 0.200. The minimum absolute atomic E-state index is 0.00225. The van der Waals surface area contributed by atoms with Crippen molar-refractivity contribution in [3.05, 3.63) is 108 Å². The van der Waals surface area contributed by atoms with E-state index in [9.17, 15) is 30.3 Å². The topological polar surface area (TPSA) is 163 Å². The highest BCUT2D eigenvalue weighted by Gasteiger charge is 2.19. The SMILES string of the molecule is O=[N+]([O-])c1ccc(COc2cccc(/C=N/Nc3ccc([N+](=O)[O-])cc3[N+](=O)[O-])c2)cc1. The predicted molar refractivity (Wildman–Crippen MR) is 115 cm³/mol. The lowest BCUT2D eigenvalue weighted by atomic mass is 10.2. The Morgan fingerprint density at radius 3 is 2.19 bits per heavy atom. The molecule has 12 nitrogen and oxygen atoms in total. The van der Waals surface area contributed by atoms with E-state index >= 15 is 0 Å². The molecule has 0 fully saturated rings. The van der Waals surface area contributed by atoms with Crippen LogP contribution in [0.2, 0.25) is 0 Å². The van der Waals surface area contributed by atoms with Crippen LogP contribution in [-0.4, -0.2) is 21.0 Å². The molecule has 0 amide bonds. The maximum atomic E-state index is 11.2. The van der Waals surface area contributed by atoms with Crippen molar-refractivity contribution in [2.75, 3.05) is 5.43 Å². The molecule has 0 saturated carbocycles. The molecular formula is C20H15N5O7. The second-order valence-corrected chi connectivity index (χ2v) is 6.37. The van der Waals surface area contributed by atoms with Gasteiger partial charge in [0.2, 0.25) is 0 Å². The van der Waals surface area contributed by atoms with Crippen LogP contribution in [0, 0.1) is 30.3 Å². The maximum Gasteiger partial charge on any atom is 0.301 e. The molecule has 0 radical (unpaired) electrons. The Morgan fingerprint density at radius 1 is 0.844 bits per heavy atom. The Balaban J connectivity index is 1.65. The predicted octanol–water partition coefficient (Wildman–Crippen LogP) is 4.44. The fraction of sp³-hybridized carbons (Fsp3) is 0.0500. The molecule has 0 aliphatic rings. The van der Waals surface area contributed by atoms with Gasteiger partial charge in [-0.05, 0) is 41.5 Å². The van der Waals surface area contributed by atoms with Crippen molar-refractivity contribution in [3.63, 3.8) is 0 Å². The number of anilines is 1. The Hall–Kier alpha value is -4.87. The van der Waals surface area contributed by atoms with Gasteiger partial charge in [-0.2, -0.15) is 5.10 Å². The van der Waals surface area contributed by atoms with Crippen LogP contribution >= 0.6 is 0 Å². The third-order valence-electron chi connectivity index (χ3n) is 4.20. The molecule has 0 spiro atoms. The first-order valence-electron chi connectivity index (χ1n) is 9.01. The zero-order valence-corrected chi connectivity index (χ0v) is 16.3. The normalized spacial score (nSPS) is 10.6. The zero-order chi connectivity index (χ0) is 23.1. The van der Waals surface area contributed by atoms with Gasteiger partial charge in [0, 0.05) is 18.2 Å².